The lowest BCUT2D eigenvalue weighted by atomic mass is 9.76. The second kappa shape index (κ2) is 11.5. The summed E-state index contributed by atoms with van der Waals surface area (Å²) in [5.41, 5.74) is 0.194. The predicted octanol–water partition coefficient (Wildman–Crippen LogP) is 5.94. The van der Waals surface area contributed by atoms with Crippen molar-refractivity contribution in [1.82, 2.24) is 10.0 Å². The van der Waals surface area contributed by atoms with Gasteiger partial charge < -0.3 is 4.74 Å². The summed E-state index contributed by atoms with van der Waals surface area (Å²) in [4.78, 5) is 66.7. The highest BCUT2D eigenvalue weighted by Crippen LogP contribution is 2.41. The van der Waals surface area contributed by atoms with Crippen LogP contribution in [0.3, 0.4) is 0 Å². The molecule has 0 N–H and O–H groups in total. The molecule has 0 unspecified atom stereocenters. The Labute approximate surface area is 244 Å². The summed E-state index contributed by atoms with van der Waals surface area (Å²) in [7, 11) is 0. The Hall–Kier alpha value is -3.53. The quantitative estimate of drug-likeness (QED) is 0.144. The summed E-state index contributed by atoms with van der Waals surface area (Å²) in [6.45, 7) is 1.44. The van der Waals surface area contributed by atoms with E-state index in [0.29, 0.717) is 22.7 Å². The molecule has 2 fully saturated rings. The lowest BCUT2D eigenvalue weighted by molar-refractivity contribution is -0.154. The first-order valence-corrected chi connectivity index (χ1v) is 14.3. The lowest BCUT2D eigenvalue weighted by Gasteiger charge is -2.30. The van der Waals surface area contributed by atoms with Crippen molar-refractivity contribution < 1.29 is 28.7 Å². The van der Waals surface area contributed by atoms with Gasteiger partial charge in [0, 0.05) is 10.6 Å². The molecule has 1 saturated carbocycles. The lowest BCUT2D eigenvalue weighted by Crippen LogP contribution is -2.52. The van der Waals surface area contributed by atoms with Crippen LogP contribution in [0.25, 0.3) is 0 Å². The molecule has 1 aliphatic heterocycles. The molecule has 8 nitrogen and oxygen atoms in total. The van der Waals surface area contributed by atoms with E-state index in [2.05, 4.69) is 0 Å². The Balaban J connectivity index is 1.41. The molecule has 2 aromatic carbocycles. The molecule has 0 radical (unpaired) electrons. The van der Waals surface area contributed by atoms with Crippen molar-refractivity contribution >= 4 is 64.0 Å². The van der Waals surface area contributed by atoms with E-state index in [-0.39, 0.29) is 27.8 Å². The number of thiophene rings is 1. The van der Waals surface area contributed by atoms with Crippen molar-refractivity contribution in [3.8, 4) is 5.75 Å². The second-order valence-electron chi connectivity index (χ2n) is 9.92. The largest absolute Gasteiger partial charge is 0.422 e. The maximum Gasteiger partial charge on any atom is 0.353 e. The predicted molar refractivity (Wildman–Crippen MR) is 149 cm³/mol. The minimum Gasteiger partial charge on any atom is -0.422 e. The third-order valence-electron chi connectivity index (χ3n) is 7.20. The number of amides is 3. The average molecular weight is 599 g/mol. The number of fused-ring (bicyclic) bond motifs is 1. The monoisotopic (exact) mass is 598 g/mol. The summed E-state index contributed by atoms with van der Waals surface area (Å²) in [5, 5.41) is 3.80. The van der Waals surface area contributed by atoms with Gasteiger partial charge in [0.2, 0.25) is 0 Å². The van der Waals surface area contributed by atoms with Crippen molar-refractivity contribution in [3.63, 3.8) is 0 Å². The molecule has 0 spiro atoms. The summed E-state index contributed by atoms with van der Waals surface area (Å²) < 4.78 is 5.34. The van der Waals surface area contributed by atoms with Crippen molar-refractivity contribution in [3.05, 3.63) is 86.0 Å². The first-order chi connectivity index (χ1) is 19.1. The summed E-state index contributed by atoms with van der Waals surface area (Å²) in [5.74, 6) is -3.39. The Bertz CT molecular complexity index is 1490. The Morgan fingerprint density at radius 2 is 1.73 bits per heavy atom. The standard InChI is InChI=1S/C29H24Cl2N2O6S/c1-16-4-10-20-22(13-16)28(37)33(27(20)36)32(26(35)21-11-7-18(30)14-23(21)31)15-24(34)17-5-8-19(9-6-17)39-29(38)25-3-2-12-40-25/h2-3,5-9,11-12,14,16,20,22H,4,10,13,15H2,1H3/t16-,20-,22+/m1/s1. The smallest absolute Gasteiger partial charge is 0.353 e. The molecule has 11 heteroatoms. The molecule has 40 heavy (non-hydrogen) atoms. The fourth-order valence-corrected chi connectivity index (χ4v) is 6.22. The van der Waals surface area contributed by atoms with Crippen LogP contribution in [0.5, 0.6) is 5.75 Å². The van der Waals surface area contributed by atoms with Gasteiger partial charge in [0.15, 0.2) is 5.78 Å². The molecule has 5 rings (SSSR count). The topological polar surface area (TPSA) is 101 Å². The van der Waals surface area contributed by atoms with E-state index in [0.717, 1.165) is 16.4 Å². The van der Waals surface area contributed by atoms with Crippen LogP contribution in [0, 0.1) is 17.8 Å². The highest BCUT2D eigenvalue weighted by atomic mass is 35.5. The Kier molecular flexibility index (Phi) is 8.07. The molecular formula is C29H24Cl2N2O6S. The fourth-order valence-electron chi connectivity index (χ4n) is 5.13. The number of carbonyl (C=O) groups excluding carboxylic acids is 5. The SMILES string of the molecule is C[C@@H]1CC[C@H]2C(=O)N(N(CC(=O)c3ccc(OC(=O)c4cccs4)cc3)C(=O)c3ccc(Cl)cc3Cl)C(=O)[C@H]2C1. The molecule has 3 amide bonds. The number of carbonyl (C=O) groups is 5. The molecule has 0 bridgehead atoms. The molecule has 3 aromatic rings. The number of hydrazine groups is 1. The zero-order chi connectivity index (χ0) is 28.6. The molecule has 1 saturated heterocycles. The van der Waals surface area contributed by atoms with E-state index in [1.807, 2.05) is 6.92 Å². The van der Waals surface area contributed by atoms with Crippen LogP contribution in [0.2, 0.25) is 10.0 Å². The normalized spacial score (nSPS) is 20.3. The fraction of sp³-hybridized carbons (Fsp3) is 0.276. The van der Waals surface area contributed by atoms with Gasteiger partial charge in [-0.3, -0.25) is 19.2 Å². The summed E-state index contributed by atoms with van der Waals surface area (Å²) in [6, 6.07) is 13.4. The van der Waals surface area contributed by atoms with Gasteiger partial charge in [-0.25, -0.2) is 9.80 Å². The van der Waals surface area contributed by atoms with Crippen molar-refractivity contribution in [2.45, 2.75) is 26.2 Å². The van der Waals surface area contributed by atoms with Gasteiger partial charge in [-0.15, -0.1) is 11.3 Å². The van der Waals surface area contributed by atoms with Gasteiger partial charge in [-0.2, -0.15) is 5.01 Å². The van der Waals surface area contributed by atoms with Crippen molar-refractivity contribution in [2.75, 3.05) is 6.54 Å². The number of benzene rings is 2. The number of Topliss-reactive ketones (excluding diaryl/α,β-unsaturated/α-hetero) is 1. The van der Waals surface area contributed by atoms with Gasteiger partial charge >= 0.3 is 5.97 Å². The molecule has 206 valence electrons. The highest BCUT2D eigenvalue weighted by Gasteiger charge is 2.53. The minimum absolute atomic E-state index is 0.00135. The Morgan fingerprint density at radius 3 is 2.40 bits per heavy atom. The first kappa shape index (κ1) is 28.0. The molecular weight excluding hydrogens is 575 g/mol. The maximum atomic E-state index is 13.7. The van der Waals surface area contributed by atoms with E-state index in [9.17, 15) is 24.0 Å². The van der Waals surface area contributed by atoms with Gasteiger partial charge in [0.1, 0.15) is 17.2 Å². The van der Waals surface area contributed by atoms with Crippen LogP contribution in [-0.4, -0.2) is 46.0 Å². The van der Waals surface area contributed by atoms with E-state index in [1.54, 1.807) is 17.5 Å². The van der Waals surface area contributed by atoms with E-state index >= 15 is 0 Å². The van der Waals surface area contributed by atoms with Crippen molar-refractivity contribution in [1.29, 1.82) is 0 Å². The molecule has 2 aliphatic rings. The maximum absolute atomic E-state index is 13.7. The third kappa shape index (κ3) is 5.54. The number of hydrogen-bond acceptors (Lipinski definition) is 7. The van der Waals surface area contributed by atoms with Crippen LogP contribution >= 0.6 is 34.5 Å². The van der Waals surface area contributed by atoms with Gasteiger partial charge in [0.25, 0.3) is 17.7 Å². The van der Waals surface area contributed by atoms with Gasteiger partial charge in [-0.05, 0) is 79.1 Å². The number of imide groups is 1. The summed E-state index contributed by atoms with van der Waals surface area (Å²) >= 11 is 13.5. The number of rotatable bonds is 7. The van der Waals surface area contributed by atoms with Crippen LogP contribution in [0.4, 0.5) is 0 Å². The number of ketones is 1. The van der Waals surface area contributed by atoms with Crippen LogP contribution < -0.4 is 4.74 Å². The number of halogens is 2. The number of esters is 1. The van der Waals surface area contributed by atoms with Crippen LogP contribution in [-0.2, 0) is 9.59 Å². The van der Waals surface area contributed by atoms with Crippen molar-refractivity contribution in [2.24, 2.45) is 17.8 Å². The van der Waals surface area contributed by atoms with Crippen LogP contribution in [0.15, 0.2) is 60.0 Å². The highest BCUT2D eigenvalue weighted by molar-refractivity contribution is 7.12. The first-order valence-electron chi connectivity index (χ1n) is 12.7. The average Bonchev–Trinajstić information content (AvgIpc) is 3.55. The minimum atomic E-state index is -0.773. The van der Waals surface area contributed by atoms with E-state index < -0.39 is 47.9 Å². The molecule has 1 aromatic heterocycles. The zero-order valence-corrected chi connectivity index (χ0v) is 23.7. The number of hydrogen-bond donors (Lipinski definition) is 0. The molecule has 1 aliphatic carbocycles. The van der Waals surface area contributed by atoms with Gasteiger partial charge in [0.05, 0.1) is 22.4 Å². The summed E-state index contributed by atoms with van der Waals surface area (Å²) in [6.07, 6.45) is 1.87. The van der Waals surface area contributed by atoms with E-state index in [1.165, 1.54) is 53.8 Å². The second-order valence-corrected chi connectivity index (χ2v) is 11.7. The zero-order valence-electron chi connectivity index (χ0n) is 21.3. The van der Waals surface area contributed by atoms with E-state index in [4.69, 9.17) is 27.9 Å². The number of ether oxygens (including phenoxy) is 1. The van der Waals surface area contributed by atoms with Gasteiger partial charge in [-0.1, -0.05) is 36.2 Å². The Morgan fingerprint density at radius 1 is 1.00 bits per heavy atom. The molecule has 2 heterocycles. The number of nitrogens with zero attached hydrogens (tertiary/aromatic N) is 2. The molecule has 3 atom stereocenters. The third-order valence-corrected chi connectivity index (χ3v) is 8.60. The van der Waals surface area contributed by atoms with Crippen LogP contribution in [0.1, 0.15) is 56.6 Å².